The number of aromatic nitrogens is 1. The average Bonchev–Trinajstić information content (AvgIpc) is 3.13. The zero-order valence-corrected chi connectivity index (χ0v) is 10.7. The van der Waals surface area contributed by atoms with Gasteiger partial charge in [-0.05, 0) is 25.3 Å². The van der Waals surface area contributed by atoms with Crippen molar-refractivity contribution in [2.45, 2.75) is 25.3 Å². The third-order valence-corrected chi connectivity index (χ3v) is 3.70. The predicted octanol–water partition coefficient (Wildman–Crippen LogP) is 2.00. The van der Waals surface area contributed by atoms with Crippen molar-refractivity contribution in [2.24, 2.45) is 5.92 Å². The molecule has 1 aliphatic carbocycles. The summed E-state index contributed by atoms with van der Waals surface area (Å²) in [5, 5.41) is 11.1. The Morgan fingerprint density at radius 1 is 1.47 bits per heavy atom. The van der Waals surface area contributed by atoms with Gasteiger partial charge in [-0.25, -0.2) is 4.98 Å². The van der Waals surface area contributed by atoms with E-state index in [-0.39, 0.29) is 10.6 Å². The summed E-state index contributed by atoms with van der Waals surface area (Å²) >= 11 is 0. The lowest BCUT2D eigenvalue weighted by molar-refractivity contribution is -0.384. The molecular formula is C13H17N3O3. The molecule has 1 aliphatic heterocycles. The van der Waals surface area contributed by atoms with Gasteiger partial charge in [0.2, 0.25) is 5.82 Å². The van der Waals surface area contributed by atoms with Gasteiger partial charge in [0, 0.05) is 37.4 Å². The van der Waals surface area contributed by atoms with Crippen molar-refractivity contribution in [3.05, 3.63) is 28.4 Å². The lowest BCUT2D eigenvalue weighted by Crippen LogP contribution is -2.33. The Morgan fingerprint density at radius 2 is 2.32 bits per heavy atom. The molecule has 6 nitrogen and oxygen atoms in total. The highest BCUT2D eigenvalue weighted by atomic mass is 16.6. The minimum atomic E-state index is -0.344. The van der Waals surface area contributed by atoms with Gasteiger partial charge in [-0.1, -0.05) is 0 Å². The van der Waals surface area contributed by atoms with Crippen molar-refractivity contribution in [3.8, 4) is 0 Å². The molecule has 0 N–H and O–H groups in total. The highest BCUT2D eigenvalue weighted by Crippen LogP contribution is 2.36. The van der Waals surface area contributed by atoms with E-state index < -0.39 is 0 Å². The van der Waals surface area contributed by atoms with Crippen LogP contribution < -0.4 is 4.90 Å². The number of ether oxygens (including phenoxy) is 1. The molecule has 0 amide bonds. The fraction of sp³-hybridized carbons (Fsp3) is 0.615. The lowest BCUT2D eigenvalue weighted by atomic mass is 10.1. The maximum absolute atomic E-state index is 11.1. The van der Waals surface area contributed by atoms with Gasteiger partial charge >= 0.3 is 5.69 Å². The van der Waals surface area contributed by atoms with Crippen molar-refractivity contribution >= 4 is 11.5 Å². The van der Waals surface area contributed by atoms with Crippen LogP contribution in [-0.4, -0.2) is 35.7 Å². The van der Waals surface area contributed by atoms with Crippen LogP contribution in [-0.2, 0) is 4.74 Å². The Labute approximate surface area is 111 Å². The van der Waals surface area contributed by atoms with Crippen LogP contribution in [0.1, 0.15) is 19.3 Å². The normalized spacial score (nSPS) is 22.4. The van der Waals surface area contributed by atoms with E-state index in [1.54, 1.807) is 12.3 Å². The molecule has 2 aliphatic rings. The SMILES string of the molecule is O=[N+]([O-])c1cccnc1N(C[C@H]1CCOC1)C1CC1. The second-order valence-corrected chi connectivity index (χ2v) is 5.22. The van der Waals surface area contributed by atoms with E-state index in [9.17, 15) is 10.1 Å². The predicted molar refractivity (Wildman–Crippen MR) is 70.2 cm³/mol. The molecular weight excluding hydrogens is 246 g/mol. The molecule has 2 heterocycles. The standard InChI is InChI=1S/C13H17N3O3/c17-16(18)12-2-1-6-14-13(12)15(11-3-4-11)8-10-5-7-19-9-10/h1-2,6,10-11H,3-5,7-9H2/t10-/m1/s1. The van der Waals surface area contributed by atoms with Gasteiger partial charge in [-0.3, -0.25) is 10.1 Å². The number of rotatable bonds is 5. The summed E-state index contributed by atoms with van der Waals surface area (Å²) in [5.41, 5.74) is 0.105. The molecule has 1 saturated heterocycles. The van der Waals surface area contributed by atoms with Gasteiger partial charge in [0.25, 0.3) is 0 Å². The average molecular weight is 263 g/mol. The topological polar surface area (TPSA) is 68.5 Å². The summed E-state index contributed by atoms with van der Waals surface area (Å²) in [6.07, 6.45) is 4.86. The molecule has 19 heavy (non-hydrogen) atoms. The highest BCUT2D eigenvalue weighted by molar-refractivity contribution is 5.58. The molecule has 0 aromatic carbocycles. The van der Waals surface area contributed by atoms with Gasteiger partial charge in [0.15, 0.2) is 0 Å². The van der Waals surface area contributed by atoms with Crippen LogP contribution in [0.25, 0.3) is 0 Å². The minimum Gasteiger partial charge on any atom is -0.381 e. The molecule has 3 rings (SSSR count). The summed E-state index contributed by atoms with van der Waals surface area (Å²) in [5.74, 6) is 0.976. The Kier molecular flexibility index (Phi) is 3.33. The van der Waals surface area contributed by atoms with Crippen LogP contribution in [0.15, 0.2) is 18.3 Å². The van der Waals surface area contributed by atoms with E-state index in [1.807, 2.05) is 0 Å². The van der Waals surface area contributed by atoms with E-state index in [1.165, 1.54) is 6.07 Å². The highest BCUT2D eigenvalue weighted by Gasteiger charge is 2.35. The molecule has 1 aromatic heterocycles. The van der Waals surface area contributed by atoms with Crippen LogP contribution in [0.3, 0.4) is 0 Å². The molecule has 0 spiro atoms. The maximum atomic E-state index is 11.1. The van der Waals surface area contributed by atoms with Gasteiger partial charge in [0.1, 0.15) is 0 Å². The number of hydrogen-bond donors (Lipinski definition) is 0. The fourth-order valence-electron chi connectivity index (χ4n) is 2.55. The third kappa shape index (κ3) is 2.68. The Bertz CT molecular complexity index is 470. The molecule has 1 aromatic rings. The first-order valence-corrected chi connectivity index (χ1v) is 6.69. The monoisotopic (exact) mass is 263 g/mol. The van der Waals surface area contributed by atoms with Crippen molar-refractivity contribution in [1.82, 2.24) is 4.98 Å². The first-order valence-electron chi connectivity index (χ1n) is 6.69. The van der Waals surface area contributed by atoms with Crippen LogP contribution in [0.4, 0.5) is 11.5 Å². The van der Waals surface area contributed by atoms with E-state index >= 15 is 0 Å². The number of pyridine rings is 1. The Balaban J connectivity index is 1.84. The van der Waals surface area contributed by atoms with Gasteiger partial charge in [-0.2, -0.15) is 0 Å². The molecule has 0 bridgehead atoms. The van der Waals surface area contributed by atoms with Crippen LogP contribution in [0.2, 0.25) is 0 Å². The molecule has 1 saturated carbocycles. The zero-order chi connectivity index (χ0) is 13.2. The second-order valence-electron chi connectivity index (χ2n) is 5.22. The number of anilines is 1. The summed E-state index contributed by atoms with van der Waals surface area (Å²) in [7, 11) is 0. The first-order chi connectivity index (χ1) is 9.25. The van der Waals surface area contributed by atoms with E-state index in [4.69, 9.17) is 4.74 Å². The van der Waals surface area contributed by atoms with E-state index in [2.05, 4.69) is 9.88 Å². The Hall–Kier alpha value is -1.69. The van der Waals surface area contributed by atoms with Crippen molar-refractivity contribution in [3.63, 3.8) is 0 Å². The number of hydrogen-bond acceptors (Lipinski definition) is 5. The third-order valence-electron chi connectivity index (χ3n) is 3.70. The van der Waals surface area contributed by atoms with Crippen molar-refractivity contribution in [1.29, 1.82) is 0 Å². The summed E-state index contributed by atoms with van der Waals surface area (Å²) in [4.78, 5) is 17.1. The largest absolute Gasteiger partial charge is 0.381 e. The van der Waals surface area contributed by atoms with Crippen LogP contribution in [0, 0.1) is 16.0 Å². The summed E-state index contributed by atoms with van der Waals surface area (Å²) in [6.45, 7) is 2.36. The van der Waals surface area contributed by atoms with Crippen LogP contribution >= 0.6 is 0 Å². The molecule has 0 unspecified atom stereocenters. The maximum Gasteiger partial charge on any atom is 0.311 e. The molecule has 102 valence electrons. The summed E-state index contributed by atoms with van der Waals surface area (Å²) in [6, 6.07) is 3.56. The number of nitrogens with zero attached hydrogens (tertiary/aromatic N) is 3. The second kappa shape index (κ2) is 5.13. The van der Waals surface area contributed by atoms with Gasteiger partial charge in [0.05, 0.1) is 11.5 Å². The molecule has 6 heteroatoms. The summed E-state index contributed by atoms with van der Waals surface area (Å²) < 4.78 is 5.39. The molecule has 0 radical (unpaired) electrons. The van der Waals surface area contributed by atoms with E-state index in [0.29, 0.717) is 17.8 Å². The van der Waals surface area contributed by atoms with E-state index in [0.717, 1.165) is 39.0 Å². The van der Waals surface area contributed by atoms with Gasteiger partial charge in [-0.15, -0.1) is 0 Å². The fourth-order valence-corrected chi connectivity index (χ4v) is 2.55. The van der Waals surface area contributed by atoms with Crippen molar-refractivity contribution in [2.75, 3.05) is 24.7 Å². The molecule has 2 fully saturated rings. The van der Waals surface area contributed by atoms with Gasteiger partial charge < -0.3 is 9.64 Å². The first kappa shape index (κ1) is 12.3. The number of nitro groups is 1. The lowest BCUT2D eigenvalue weighted by Gasteiger charge is -2.25. The van der Waals surface area contributed by atoms with Crippen LogP contribution in [0.5, 0.6) is 0 Å². The molecule has 1 atom stereocenters. The van der Waals surface area contributed by atoms with Crippen molar-refractivity contribution < 1.29 is 9.66 Å². The minimum absolute atomic E-state index is 0.105. The zero-order valence-electron chi connectivity index (χ0n) is 10.7. The quantitative estimate of drug-likeness (QED) is 0.600. The Morgan fingerprint density at radius 3 is 2.95 bits per heavy atom. The smallest absolute Gasteiger partial charge is 0.311 e.